The number of ether oxygens (including phenoxy) is 1. The summed E-state index contributed by atoms with van der Waals surface area (Å²) in [6, 6.07) is 13.6. The Morgan fingerprint density at radius 1 is 1.06 bits per heavy atom. The number of nitriles is 1. The molecule has 1 aromatic heterocycles. The summed E-state index contributed by atoms with van der Waals surface area (Å²) in [5.41, 5.74) is 8.53. The number of aromatic nitrogens is 1. The summed E-state index contributed by atoms with van der Waals surface area (Å²) in [5.74, 6) is -1.41. The van der Waals surface area contributed by atoms with Crippen molar-refractivity contribution < 1.29 is 23.5 Å². The molecule has 0 aliphatic heterocycles. The van der Waals surface area contributed by atoms with Crippen LogP contribution in [0.25, 0.3) is 0 Å². The van der Waals surface area contributed by atoms with Crippen LogP contribution in [0.1, 0.15) is 38.3 Å². The molecule has 3 amide bonds. The van der Waals surface area contributed by atoms with E-state index < -0.39 is 24.5 Å². The number of urea groups is 1. The van der Waals surface area contributed by atoms with Crippen LogP contribution in [-0.2, 0) is 22.6 Å². The number of carbonyl (C=O) groups excluding carboxylic acids is 3. The van der Waals surface area contributed by atoms with E-state index in [2.05, 4.69) is 16.7 Å². The average Bonchev–Trinajstić information content (AvgIpc) is 3.06. The lowest BCUT2D eigenvalue weighted by molar-refractivity contribution is -0.119. The maximum Gasteiger partial charge on any atom is 0.338 e. The first kappa shape index (κ1) is 25.0. The summed E-state index contributed by atoms with van der Waals surface area (Å²) in [4.78, 5) is 35.7. The molecule has 0 saturated heterocycles. The van der Waals surface area contributed by atoms with Gasteiger partial charge in [0.25, 0.3) is 5.91 Å². The number of primary amides is 1. The first-order valence-corrected chi connectivity index (χ1v) is 10.6. The van der Waals surface area contributed by atoms with E-state index >= 15 is 0 Å². The lowest BCUT2D eigenvalue weighted by Crippen LogP contribution is -2.28. The standard InChI is InChI=1S/C25H24FN5O4/c1-15-16(2)31(13-18-5-9-20(26)10-6-18)23(21(15)11-27)30-22(32)14-35-24(33)19-7-3-17(4-8-19)12-29-25(28)34/h3-10H,12-14H2,1-2H3,(H,30,32)(H3,28,29,34). The van der Waals surface area contributed by atoms with Crippen molar-refractivity contribution in [3.63, 3.8) is 0 Å². The van der Waals surface area contributed by atoms with Crippen molar-refractivity contribution >= 4 is 23.7 Å². The normalized spacial score (nSPS) is 10.3. The second-order valence-corrected chi connectivity index (χ2v) is 7.80. The van der Waals surface area contributed by atoms with Gasteiger partial charge < -0.3 is 25.7 Å². The van der Waals surface area contributed by atoms with E-state index in [-0.39, 0.29) is 23.7 Å². The minimum atomic E-state index is -0.705. The molecule has 0 bridgehead atoms. The summed E-state index contributed by atoms with van der Waals surface area (Å²) in [6.45, 7) is 3.55. The summed E-state index contributed by atoms with van der Waals surface area (Å²) >= 11 is 0. The van der Waals surface area contributed by atoms with Crippen LogP contribution < -0.4 is 16.4 Å². The van der Waals surface area contributed by atoms with Gasteiger partial charge in [-0.15, -0.1) is 0 Å². The number of amides is 3. The summed E-state index contributed by atoms with van der Waals surface area (Å²) < 4.78 is 20.1. The monoisotopic (exact) mass is 477 g/mol. The van der Waals surface area contributed by atoms with Crippen LogP contribution >= 0.6 is 0 Å². The zero-order chi connectivity index (χ0) is 25.5. The van der Waals surface area contributed by atoms with Crippen LogP contribution in [0.4, 0.5) is 15.0 Å². The van der Waals surface area contributed by atoms with Crippen LogP contribution in [0.2, 0.25) is 0 Å². The highest BCUT2D eigenvalue weighted by Crippen LogP contribution is 2.27. The van der Waals surface area contributed by atoms with Crippen molar-refractivity contribution in [1.29, 1.82) is 5.26 Å². The lowest BCUT2D eigenvalue weighted by Gasteiger charge is -2.13. The molecule has 2 aromatic carbocycles. The number of hydrogen-bond acceptors (Lipinski definition) is 5. The molecule has 10 heteroatoms. The Kier molecular flexibility index (Phi) is 7.84. The van der Waals surface area contributed by atoms with Gasteiger partial charge in [-0.2, -0.15) is 5.26 Å². The fraction of sp³-hybridized carbons (Fsp3) is 0.200. The molecular formula is C25H24FN5O4. The van der Waals surface area contributed by atoms with Crippen LogP contribution in [0.3, 0.4) is 0 Å². The van der Waals surface area contributed by atoms with E-state index in [1.165, 1.54) is 24.3 Å². The number of anilines is 1. The number of halogens is 1. The van der Waals surface area contributed by atoms with Crippen LogP contribution in [-0.4, -0.2) is 29.1 Å². The molecule has 0 aliphatic rings. The number of esters is 1. The Morgan fingerprint density at radius 3 is 2.29 bits per heavy atom. The predicted molar refractivity (Wildman–Crippen MR) is 126 cm³/mol. The van der Waals surface area contributed by atoms with Gasteiger partial charge in [0.15, 0.2) is 6.61 Å². The average molecular weight is 477 g/mol. The lowest BCUT2D eigenvalue weighted by atomic mass is 10.1. The van der Waals surface area contributed by atoms with E-state index in [9.17, 15) is 24.0 Å². The fourth-order valence-electron chi connectivity index (χ4n) is 3.43. The van der Waals surface area contributed by atoms with Gasteiger partial charge in [-0.25, -0.2) is 14.0 Å². The van der Waals surface area contributed by atoms with Crippen molar-refractivity contribution in [1.82, 2.24) is 9.88 Å². The van der Waals surface area contributed by atoms with Gasteiger partial charge in [-0.1, -0.05) is 24.3 Å². The molecule has 4 N–H and O–H groups in total. The number of nitrogens with zero attached hydrogens (tertiary/aromatic N) is 2. The molecular weight excluding hydrogens is 453 g/mol. The van der Waals surface area contributed by atoms with Gasteiger partial charge in [0, 0.05) is 18.8 Å². The molecule has 3 rings (SSSR count). The Labute approximate surface area is 201 Å². The molecule has 180 valence electrons. The Balaban J connectivity index is 1.67. The highest BCUT2D eigenvalue weighted by Gasteiger charge is 2.20. The first-order valence-electron chi connectivity index (χ1n) is 10.6. The Hall–Kier alpha value is -4.65. The SMILES string of the molecule is Cc1c(C#N)c(NC(=O)COC(=O)c2ccc(CNC(N)=O)cc2)n(Cc2ccc(F)cc2)c1C. The third kappa shape index (κ3) is 6.23. The van der Waals surface area contributed by atoms with Crippen LogP contribution in [0.15, 0.2) is 48.5 Å². The van der Waals surface area contributed by atoms with Crippen molar-refractivity contribution in [2.24, 2.45) is 5.73 Å². The quantitative estimate of drug-likeness (QED) is 0.428. The van der Waals surface area contributed by atoms with Crippen molar-refractivity contribution in [3.8, 4) is 6.07 Å². The Morgan fingerprint density at radius 2 is 1.69 bits per heavy atom. The number of rotatable bonds is 8. The smallest absolute Gasteiger partial charge is 0.338 e. The maximum absolute atomic E-state index is 13.3. The third-order valence-electron chi connectivity index (χ3n) is 5.44. The molecule has 0 saturated carbocycles. The van der Waals surface area contributed by atoms with Gasteiger partial charge in [-0.05, 0) is 54.8 Å². The number of nitrogens with one attached hydrogen (secondary N) is 2. The van der Waals surface area contributed by atoms with Gasteiger partial charge in [0.2, 0.25) is 0 Å². The van der Waals surface area contributed by atoms with Gasteiger partial charge >= 0.3 is 12.0 Å². The Bertz CT molecular complexity index is 1290. The van der Waals surface area contributed by atoms with E-state index in [1.54, 1.807) is 35.8 Å². The summed E-state index contributed by atoms with van der Waals surface area (Å²) in [7, 11) is 0. The summed E-state index contributed by atoms with van der Waals surface area (Å²) in [6.07, 6.45) is 0. The van der Waals surface area contributed by atoms with Gasteiger partial charge in [0.1, 0.15) is 17.7 Å². The highest BCUT2D eigenvalue weighted by molar-refractivity contribution is 5.96. The zero-order valence-corrected chi connectivity index (χ0v) is 19.2. The van der Waals surface area contributed by atoms with Gasteiger partial charge in [0.05, 0.1) is 11.1 Å². The fourth-order valence-corrected chi connectivity index (χ4v) is 3.43. The first-order chi connectivity index (χ1) is 16.7. The molecule has 0 unspecified atom stereocenters. The second-order valence-electron chi connectivity index (χ2n) is 7.80. The summed E-state index contributed by atoms with van der Waals surface area (Å²) in [5, 5.41) is 14.7. The van der Waals surface area contributed by atoms with E-state index in [0.717, 1.165) is 16.8 Å². The van der Waals surface area contributed by atoms with Crippen molar-refractivity contribution in [2.75, 3.05) is 11.9 Å². The molecule has 0 fully saturated rings. The molecule has 0 atom stereocenters. The molecule has 1 heterocycles. The van der Waals surface area contributed by atoms with Gasteiger partial charge in [-0.3, -0.25) is 4.79 Å². The predicted octanol–water partition coefficient (Wildman–Crippen LogP) is 3.13. The van der Waals surface area contributed by atoms with E-state index in [4.69, 9.17) is 10.5 Å². The number of benzene rings is 2. The molecule has 0 spiro atoms. The second kappa shape index (κ2) is 11.0. The van der Waals surface area contributed by atoms with E-state index in [1.807, 2.05) is 6.92 Å². The minimum Gasteiger partial charge on any atom is -0.452 e. The van der Waals surface area contributed by atoms with Crippen molar-refractivity contribution in [3.05, 3.63) is 87.9 Å². The largest absolute Gasteiger partial charge is 0.452 e. The molecule has 0 radical (unpaired) electrons. The molecule has 3 aromatic rings. The number of hydrogen-bond donors (Lipinski definition) is 3. The van der Waals surface area contributed by atoms with Crippen LogP contribution in [0, 0.1) is 31.0 Å². The number of carbonyl (C=O) groups is 3. The molecule has 0 aliphatic carbocycles. The van der Waals surface area contributed by atoms with E-state index in [0.29, 0.717) is 17.7 Å². The maximum atomic E-state index is 13.3. The highest BCUT2D eigenvalue weighted by atomic mass is 19.1. The minimum absolute atomic E-state index is 0.213. The molecule has 35 heavy (non-hydrogen) atoms. The molecule has 9 nitrogen and oxygen atoms in total. The van der Waals surface area contributed by atoms with Crippen LogP contribution in [0.5, 0.6) is 0 Å². The third-order valence-corrected chi connectivity index (χ3v) is 5.44. The topological polar surface area (TPSA) is 139 Å². The zero-order valence-electron chi connectivity index (χ0n) is 19.2. The van der Waals surface area contributed by atoms with Crippen molar-refractivity contribution in [2.45, 2.75) is 26.9 Å². The number of nitrogens with two attached hydrogens (primary N) is 1.